The van der Waals surface area contributed by atoms with Crippen LogP contribution >= 0.6 is 0 Å². The van der Waals surface area contributed by atoms with Crippen LogP contribution in [0.1, 0.15) is 10.6 Å². The van der Waals surface area contributed by atoms with Crippen molar-refractivity contribution < 1.29 is 13.6 Å². The fraction of sp³-hybridized carbons (Fsp3) is 0. The van der Waals surface area contributed by atoms with Crippen molar-refractivity contribution in [3.8, 4) is 11.1 Å². The number of nitrogens with zero attached hydrogens (tertiary/aromatic N) is 2. The Balaban J connectivity index is 2.43. The van der Waals surface area contributed by atoms with E-state index in [0.29, 0.717) is 11.1 Å². The Morgan fingerprint density at radius 2 is 1.53 bits per heavy atom. The van der Waals surface area contributed by atoms with Gasteiger partial charge in [-0.05, 0) is 17.7 Å². The molecule has 0 radical (unpaired) electrons. The second-order valence-electron chi connectivity index (χ2n) is 3.32. The summed E-state index contributed by atoms with van der Waals surface area (Å²) in [6.07, 6.45) is 2.56. The molecule has 17 heavy (non-hydrogen) atoms. The smallest absolute Gasteiger partial charge is 0.286 e. The van der Waals surface area contributed by atoms with Crippen LogP contribution in [0, 0.1) is 11.6 Å². The number of primary amides is 1. The van der Waals surface area contributed by atoms with E-state index >= 15 is 0 Å². The van der Waals surface area contributed by atoms with Crippen LogP contribution in [-0.4, -0.2) is 15.9 Å². The van der Waals surface area contributed by atoms with E-state index in [-0.39, 0.29) is 5.82 Å². The van der Waals surface area contributed by atoms with Gasteiger partial charge in [0.25, 0.3) is 5.91 Å². The van der Waals surface area contributed by atoms with Gasteiger partial charge in [-0.1, -0.05) is 0 Å². The molecule has 0 bridgehead atoms. The van der Waals surface area contributed by atoms with Gasteiger partial charge in [-0.3, -0.25) is 4.79 Å². The Hall–Kier alpha value is -2.37. The number of halogens is 2. The second kappa shape index (κ2) is 4.25. The van der Waals surface area contributed by atoms with Crippen molar-refractivity contribution in [2.75, 3.05) is 0 Å². The Morgan fingerprint density at radius 1 is 1.00 bits per heavy atom. The summed E-state index contributed by atoms with van der Waals surface area (Å²) in [4.78, 5) is 18.1. The number of hydrogen-bond acceptors (Lipinski definition) is 3. The molecule has 0 unspecified atom stereocenters. The molecule has 0 saturated heterocycles. The molecule has 0 aliphatic heterocycles. The van der Waals surface area contributed by atoms with E-state index in [4.69, 9.17) is 5.73 Å². The highest BCUT2D eigenvalue weighted by Gasteiger charge is 2.07. The van der Waals surface area contributed by atoms with Gasteiger partial charge in [-0.2, -0.15) is 0 Å². The first-order chi connectivity index (χ1) is 8.06. The standard InChI is InChI=1S/C11H7F2N3O/c12-8-1-6(2-9(13)3-8)7-4-15-11(10(14)17)16-5-7/h1-5H,(H2,14,17). The van der Waals surface area contributed by atoms with Crippen molar-refractivity contribution >= 4 is 5.91 Å². The Bertz CT molecular complexity index is 549. The van der Waals surface area contributed by atoms with Crippen LogP contribution in [0.4, 0.5) is 8.78 Å². The molecule has 6 heteroatoms. The molecule has 2 aromatic rings. The Kier molecular flexibility index (Phi) is 2.78. The average Bonchev–Trinajstić information content (AvgIpc) is 2.28. The van der Waals surface area contributed by atoms with E-state index in [1.165, 1.54) is 12.4 Å². The van der Waals surface area contributed by atoms with Gasteiger partial charge in [0.2, 0.25) is 5.82 Å². The van der Waals surface area contributed by atoms with Crippen molar-refractivity contribution in [3.05, 3.63) is 48.1 Å². The summed E-state index contributed by atoms with van der Waals surface area (Å²) >= 11 is 0. The van der Waals surface area contributed by atoms with Gasteiger partial charge in [0, 0.05) is 24.0 Å². The molecular formula is C11H7F2N3O. The first-order valence-corrected chi connectivity index (χ1v) is 4.64. The van der Waals surface area contributed by atoms with Gasteiger partial charge in [-0.15, -0.1) is 0 Å². The summed E-state index contributed by atoms with van der Waals surface area (Å²) in [6.45, 7) is 0. The van der Waals surface area contributed by atoms with E-state index in [1.54, 1.807) is 0 Å². The van der Waals surface area contributed by atoms with Gasteiger partial charge in [-0.25, -0.2) is 18.7 Å². The van der Waals surface area contributed by atoms with E-state index in [2.05, 4.69) is 9.97 Å². The van der Waals surface area contributed by atoms with E-state index in [0.717, 1.165) is 18.2 Å². The van der Waals surface area contributed by atoms with E-state index in [9.17, 15) is 13.6 Å². The molecule has 86 valence electrons. The van der Waals surface area contributed by atoms with Gasteiger partial charge in [0.15, 0.2) is 0 Å². The molecule has 1 aromatic heterocycles. The summed E-state index contributed by atoms with van der Waals surface area (Å²) in [6, 6.07) is 3.06. The summed E-state index contributed by atoms with van der Waals surface area (Å²) < 4.78 is 25.9. The monoisotopic (exact) mass is 235 g/mol. The predicted molar refractivity (Wildman–Crippen MR) is 55.9 cm³/mol. The Labute approximate surface area is 95.1 Å². The molecule has 2 N–H and O–H groups in total. The number of rotatable bonds is 2. The highest BCUT2D eigenvalue weighted by atomic mass is 19.1. The number of benzene rings is 1. The van der Waals surface area contributed by atoms with Crippen LogP contribution in [0.2, 0.25) is 0 Å². The minimum Gasteiger partial charge on any atom is -0.363 e. The third kappa shape index (κ3) is 2.41. The van der Waals surface area contributed by atoms with Crippen LogP contribution in [0.15, 0.2) is 30.6 Å². The SMILES string of the molecule is NC(=O)c1ncc(-c2cc(F)cc(F)c2)cn1. The topological polar surface area (TPSA) is 68.9 Å². The van der Waals surface area contributed by atoms with Crippen molar-refractivity contribution in [1.82, 2.24) is 9.97 Å². The second-order valence-corrected chi connectivity index (χ2v) is 3.32. The quantitative estimate of drug-likeness (QED) is 0.857. The number of carbonyl (C=O) groups excluding carboxylic acids is 1. The van der Waals surface area contributed by atoms with Gasteiger partial charge >= 0.3 is 0 Å². The zero-order chi connectivity index (χ0) is 12.4. The van der Waals surface area contributed by atoms with Crippen molar-refractivity contribution in [1.29, 1.82) is 0 Å². The summed E-state index contributed by atoms with van der Waals surface area (Å²) in [5, 5.41) is 0. The van der Waals surface area contributed by atoms with Crippen LogP contribution in [-0.2, 0) is 0 Å². The van der Waals surface area contributed by atoms with E-state index < -0.39 is 17.5 Å². The summed E-state index contributed by atoms with van der Waals surface area (Å²) in [5.41, 5.74) is 5.65. The first kappa shape index (κ1) is 11.1. The third-order valence-electron chi connectivity index (χ3n) is 2.07. The number of nitrogens with two attached hydrogens (primary N) is 1. The first-order valence-electron chi connectivity index (χ1n) is 4.64. The van der Waals surface area contributed by atoms with Crippen LogP contribution < -0.4 is 5.73 Å². The number of carbonyl (C=O) groups is 1. The molecule has 1 aromatic carbocycles. The minimum absolute atomic E-state index is 0.148. The lowest BCUT2D eigenvalue weighted by Crippen LogP contribution is -2.14. The molecule has 0 atom stereocenters. The van der Waals surface area contributed by atoms with Crippen LogP contribution in [0.3, 0.4) is 0 Å². The molecule has 2 rings (SSSR count). The molecule has 0 spiro atoms. The molecule has 0 fully saturated rings. The maximum Gasteiger partial charge on any atom is 0.286 e. The average molecular weight is 235 g/mol. The molecule has 0 aliphatic rings. The highest BCUT2D eigenvalue weighted by molar-refractivity contribution is 5.88. The molecule has 4 nitrogen and oxygen atoms in total. The molecule has 1 heterocycles. The lowest BCUT2D eigenvalue weighted by molar-refractivity contribution is 0.0990. The fourth-order valence-electron chi connectivity index (χ4n) is 1.32. The summed E-state index contributed by atoms with van der Waals surface area (Å²) in [7, 11) is 0. The summed E-state index contributed by atoms with van der Waals surface area (Å²) in [5.74, 6) is -2.30. The van der Waals surface area contributed by atoms with Gasteiger partial charge in [0.05, 0.1) is 0 Å². The maximum absolute atomic E-state index is 13.0. The third-order valence-corrected chi connectivity index (χ3v) is 2.07. The number of amides is 1. The lowest BCUT2D eigenvalue weighted by Gasteiger charge is -2.02. The zero-order valence-electron chi connectivity index (χ0n) is 8.52. The number of aromatic nitrogens is 2. The van der Waals surface area contributed by atoms with Gasteiger partial charge < -0.3 is 5.73 Å². The van der Waals surface area contributed by atoms with Crippen molar-refractivity contribution in [2.45, 2.75) is 0 Å². The molecule has 0 saturated carbocycles. The number of hydrogen-bond donors (Lipinski definition) is 1. The zero-order valence-corrected chi connectivity index (χ0v) is 8.52. The largest absolute Gasteiger partial charge is 0.363 e. The molecule has 1 amide bonds. The maximum atomic E-state index is 13.0. The van der Waals surface area contributed by atoms with Crippen LogP contribution in [0.25, 0.3) is 11.1 Å². The highest BCUT2D eigenvalue weighted by Crippen LogP contribution is 2.19. The predicted octanol–water partition coefficient (Wildman–Crippen LogP) is 1.52. The van der Waals surface area contributed by atoms with E-state index in [1.807, 2.05) is 0 Å². The fourth-order valence-corrected chi connectivity index (χ4v) is 1.32. The molecular weight excluding hydrogens is 228 g/mol. The van der Waals surface area contributed by atoms with Crippen LogP contribution in [0.5, 0.6) is 0 Å². The van der Waals surface area contributed by atoms with Crippen molar-refractivity contribution in [3.63, 3.8) is 0 Å². The molecule has 0 aliphatic carbocycles. The minimum atomic E-state index is -0.762. The Morgan fingerprint density at radius 3 is 2.00 bits per heavy atom. The lowest BCUT2D eigenvalue weighted by atomic mass is 10.1. The van der Waals surface area contributed by atoms with Crippen molar-refractivity contribution in [2.24, 2.45) is 5.73 Å². The van der Waals surface area contributed by atoms with Gasteiger partial charge in [0.1, 0.15) is 11.6 Å². The normalized spacial score (nSPS) is 10.2.